The molecule has 0 aliphatic carbocycles. The van der Waals surface area contributed by atoms with Crippen molar-refractivity contribution in [2.75, 3.05) is 16.2 Å². The first-order chi connectivity index (χ1) is 7.35. The lowest BCUT2D eigenvalue weighted by Crippen LogP contribution is -2.16. The van der Waals surface area contributed by atoms with E-state index in [9.17, 15) is 8.42 Å². The molecule has 7 heteroatoms. The maximum atomic E-state index is 11.3. The van der Waals surface area contributed by atoms with E-state index in [1.165, 1.54) is 6.07 Å². The first kappa shape index (κ1) is 12.6. The molecule has 5 nitrogen and oxygen atoms in total. The Morgan fingerprint density at radius 3 is 2.75 bits per heavy atom. The fourth-order valence-corrected chi connectivity index (χ4v) is 2.06. The van der Waals surface area contributed by atoms with Crippen LogP contribution in [0.3, 0.4) is 0 Å². The molecule has 0 saturated carbocycles. The molecule has 1 rings (SSSR count). The minimum absolute atomic E-state index is 0.264. The second-order valence-electron chi connectivity index (χ2n) is 3.21. The highest BCUT2D eigenvalue weighted by Crippen LogP contribution is 2.27. The van der Waals surface area contributed by atoms with Crippen molar-refractivity contribution in [2.45, 2.75) is 6.92 Å². The van der Waals surface area contributed by atoms with Crippen LogP contribution in [0, 0.1) is 18.3 Å². The molecule has 0 radical (unpaired) electrons. The number of nitriles is 1. The number of hydrogen-bond acceptors (Lipinski definition) is 4. The number of anilines is 2. The summed E-state index contributed by atoms with van der Waals surface area (Å²) in [7, 11) is -3.65. The molecule has 0 aliphatic heterocycles. The first-order valence-corrected chi connectivity index (χ1v) is 6.32. The number of nitrogens with two attached hydrogens (primary N) is 1. The van der Waals surface area contributed by atoms with Gasteiger partial charge in [0, 0.05) is 0 Å². The van der Waals surface area contributed by atoms with Gasteiger partial charge in [0.15, 0.2) is 5.75 Å². The molecule has 0 saturated heterocycles. The van der Waals surface area contributed by atoms with Crippen LogP contribution in [-0.2, 0) is 10.0 Å². The van der Waals surface area contributed by atoms with Crippen LogP contribution in [0.1, 0.15) is 5.56 Å². The van der Waals surface area contributed by atoms with Gasteiger partial charge in [-0.1, -0.05) is 11.6 Å². The second-order valence-corrected chi connectivity index (χ2v) is 5.34. The lowest BCUT2D eigenvalue weighted by Gasteiger charge is -2.10. The smallest absolute Gasteiger partial charge is 0.246 e. The Kier molecular flexibility index (Phi) is 3.62. The SMILES string of the molecule is Cc1cc(N)c(Cl)cc1NS(=O)(=O)CC#N. The Balaban J connectivity index is 3.08. The zero-order valence-corrected chi connectivity index (χ0v) is 10.1. The van der Waals surface area contributed by atoms with E-state index >= 15 is 0 Å². The normalized spacial score (nSPS) is 10.8. The van der Waals surface area contributed by atoms with Gasteiger partial charge in [-0.3, -0.25) is 4.72 Å². The van der Waals surface area contributed by atoms with E-state index < -0.39 is 15.8 Å². The van der Waals surface area contributed by atoms with Gasteiger partial charge >= 0.3 is 0 Å². The van der Waals surface area contributed by atoms with Gasteiger partial charge in [-0.15, -0.1) is 0 Å². The van der Waals surface area contributed by atoms with Crippen molar-refractivity contribution in [3.63, 3.8) is 0 Å². The third-order valence-corrected chi connectivity index (χ3v) is 3.23. The topological polar surface area (TPSA) is 96.0 Å². The van der Waals surface area contributed by atoms with Crippen molar-refractivity contribution in [2.24, 2.45) is 0 Å². The van der Waals surface area contributed by atoms with Crippen molar-refractivity contribution in [3.05, 3.63) is 22.7 Å². The van der Waals surface area contributed by atoms with Crippen LogP contribution in [0.5, 0.6) is 0 Å². The number of nitrogens with zero attached hydrogens (tertiary/aromatic N) is 1. The van der Waals surface area contributed by atoms with Crippen LogP contribution in [-0.4, -0.2) is 14.2 Å². The van der Waals surface area contributed by atoms with Crippen LogP contribution in [0.4, 0.5) is 11.4 Å². The van der Waals surface area contributed by atoms with Gasteiger partial charge in [-0.25, -0.2) is 8.42 Å². The van der Waals surface area contributed by atoms with Crippen molar-refractivity contribution >= 4 is 33.0 Å². The maximum absolute atomic E-state index is 11.3. The highest BCUT2D eigenvalue weighted by Gasteiger charge is 2.12. The predicted octanol–water partition coefficient (Wildman–Crippen LogP) is 1.50. The van der Waals surface area contributed by atoms with Gasteiger partial charge in [-0.05, 0) is 24.6 Å². The summed E-state index contributed by atoms with van der Waals surface area (Å²) in [5.74, 6) is -0.603. The molecule has 0 atom stereocenters. The summed E-state index contributed by atoms with van der Waals surface area (Å²) in [4.78, 5) is 0. The lowest BCUT2D eigenvalue weighted by molar-refractivity contribution is 0.604. The molecular weight excluding hydrogens is 250 g/mol. The number of nitrogen functional groups attached to an aromatic ring is 1. The van der Waals surface area contributed by atoms with Crippen molar-refractivity contribution in [1.82, 2.24) is 0 Å². The van der Waals surface area contributed by atoms with Gasteiger partial charge in [0.05, 0.1) is 22.5 Å². The molecule has 86 valence electrons. The van der Waals surface area contributed by atoms with Gasteiger partial charge in [0.2, 0.25) is 10.0 Å². The van der Waals surface area contributed by atoms with Crippen LogP contribution >= 0.6 is 11.6 Å². The third kappa shape index (κ3) is 3.02. The third-order valence-electron chi connectivity index (χ3n) is 1.86. The molecule has 0 aromatic heterocycles. The maximum Gasteiger partial charge on any atom is 0.246 e. The summed E-state index contributed by atoms with van der Waals surface area (Å²) in [6.07, 6.45) is 0. The molecule has 1 aromatic carbocycles. The summed E-state index contributed by atoms with van der Waals surface area (Å²) in [5.41, 5.74) is 6.90. The minimum Gasteiger partial charge on any atom is -0.398 e. The van der Waals surface area contributed by atoms with Crippen LogP contribution in [0.25, 0.3) is 0 Å². The van der Waals surface area contributed by atoms with E-state index in [1.807, 2.05) is 0 Å². The Morgan fingerprint density at radius 2 is 2.19 bits per heavy atom. The minimum atomic E-state index is -3.65. The average molecular weight is 260 g/mol. The Bertz CT molecular complexity index is 549. The van der Waals surface area contributed by atoms with Gasteiger partial charge in [0.25, 0.3) is 0 Å². The number of hydrogen-bond donors (Lipinski definition) is 2. The highest BCUT2D eigenvalue weighted by atomic mass is 35.5. The summed E-state index contributed by atoms with van der Waals surface area (Å²) >= 11 is 5.77. The monoisotopic (exact) mass is 259 g/mol. The molecular formula is C9H10ClN3O2S. The zero-order chi connectivity index (χ0) is 12.3. The quantitative estimate of drug-likeness (QED) is 0.804. The summed E-state index contributed by atoms with van der Waals surface area (Å²) in [5, 5.41) is 8.60. The van der Waals surface area contributed by atoms with Crippen LogP contribution in [0.15, 0.2) is 12.1 Å². The predicted molar refractivity (Wildman–Crippen MR) is 63.6 cm³/mol. The number of halogens is 1. The molecule has 3 N–H and O–H groups in total. The van der Waals surface area contributed by atoms with Gasteiger partial charge < -0.3 is 5.73 Å². The Morgan fingerprint density at radius 1 is 1.56 bits per heavy atom. The summed E-state index contributed by atoms with van der Waals surface area (Å²) in [6.45, 7) is 1.69. The molecule has 16 heavy (non-hydrogen) atoms. The van der Waals surface area contributed by atoms with Gasteiger partial charge in [-0.2, -0.15) is 5.26 Å². The van der Waals surface area contributed by atoms with E-state index in [1.54, 1.807) is 19.1 Å². The van der Waals surface area contributed by atoms with Crippen LogP contribution < -0.4 is 10.5 Å². The number of nitrogens with one attached hydrogen (secondary N) is 1. The molecule has 0 spiro atoms. The van der Waals surface area contributed by atoms with Crippen molar-refractivity contribution in [1.29, 1.82) is 5.26 Å². The number of sulfonamides is 1. The van der Waals surface area contributed by atoms with Crippen molar-refractivity contribution in [3.8, 4) is 6.07 Å². The Hall–Kier alpha value is -1.45. The van der Waals surface area contributed by atoms with E-state index in [-0.39, 0.29) is 5.02 Å². The second kappa shape index (κ2) is 4.60. The van der Waals surface area contributed by atoms with E-state index in [0.29, 0.717) is 16.9 Å². The molecule has 0 fully saturated rings. The highest BCUT2D eigenvalue weighted by molar-refractivity contribution is 7.92. The largest absolute Gasteiger partial charge is 0.398 e. The van der Waals surface area contributed by atoms with Crippen LogP contribution in [0.2, 0.25) is 5.02 Å². The number of rotatable bonds is 3. The zero-order valence-electron chi connectivity index (χ0n) is 8.49. The molecule has 0 bridgehead atoms. The fourth-order valence-electron chi connectivity index (χ4n) is 1.10. The Labute approximate surface area is 98.9 Å². The fraction of sp³-hybridized carbons (Fsp3) is 0.222. The summed E-state index contributed by atoms with van der Waals surface area (Å²) in [6, 6.07) is 4.55. The van der Waals surface area contributed by atoms with E-state index in [2.05, 4.69) is 4.72 Å². The molecule has 0 aliphatic rings. The first-order valence-electron chi connectivity index (χ1n) is 4.29. The van der Waals surface area contributed by atoms with Gasteiger partial charge in [0.1, 0.15) is 0 Å². The molecule has 1 aromatic rings. The molecule has 0 heterocycles. The standard InChI is InChI=1S/C9H10ClN3O2S/c1-6-4-8(12)7(10)5-9(6)13-16(14,15)3-2-11/h4-5,13H,3,12H2,1H3. The van der Waals surface area contributed by atoms with E-state index in [0.717, 1.165) is 0 Å². The summed E-state index contributed by atoms with van der Waals surface area (Å²) < 4.78 is 24.9. The average Bonchev–Trinajstić information content (AvgIpc) is 2.13. The number of benzene rings is 1. The van der Waals surface area contributed by atoms with E-state index in [4.69, 9.17) is 22.6 Å². The lowest BCUT2D eigenvalue weighted by atomic mass is 10.2. The van der Waals surface area contributed by atoms with Crippen molar-refractivity contribution < 1.29 is 8.42 Å². The molecule has 0 amide bonds. The number of aryl methyl sites for hydroxylation is 1. The molecule has 0 unspecified atom stereocenters.